The molecular weight excluding hydrogens is 274 g/mol. The zero-order chi connectivity index (χ0) is 14.7. The molecule has 110 valence electrons. The molecule has 2 aromatic heterocycles. The van der Waals surface area contributed by atoms with E-state index in [0.717, 1.165) is 41.5 Å². The number of imidazole rings is 1. The Hall–Kier alpha value is -1.33. The molecule has 2 aromatic rings. The summed E-state index contributed by atoms with van der Waals surface area (Å²) in [7, 11) is 3.92. The van der Waals surface area contributed by atoms with E-state index in [0.29, 0.717) is 0 Å². The topological polar surface area (TPSA) is 47.7 Å². The van der Waals surface area contributed by atoms with Gasteiger partial charge >= 0.3 is 0 Å². The monoisotopic (exact) mass is 295 g/mol. The summed E-state index contributed by atoms with van der Waals surface area (Å²) in [6.45, 7) is 5.05. The number of aryl methyl sites for hydroxylation is 3. The predicted molar refractivity (Wildman–Crippen MR) is 80.9 cm³/mol. The van der Waals surface area contributed by atoms with Crippen LogP contribution in [0.3, 0.4) is 0 Å². The second-order valence-corrected chi connectivity index (χ2v) is 5.34. The normalized spacial score (nSPS) is 12.8. The summed E-state index contributed by atoms with van der Waals surface area (Å²) < 4.78 is 3.84. The van der Waals surface area contributed by atoms with Gasteiger partial charge in [-0.2, -0.15) is 5.10 Å². The highest BCUT2D eigenvalue weighted by atomic mass is 35.5. The van der Waals surface area contributed by atoms with Gasteiger partial charge in [0.1, 0.15) is 0 Å². The average Bonchev–Trinajstić information content (AvgIpc) is 2.96. The van der Waals surface area contributed by atoms with E-state index in [4.69, 9.17) is 11.6 Å². The quantitative estimate of drug-likeness (QED) is 0.889. The van der Waals surface area contributed by atoms with Gasteiger partial charge in [0.25, 0.3) is 0 Å². The molecule has 0 saturated heterocycles. The fourth-order valence-corrected chi connectivity index (χ4v) is 2.75. The Morgan fingerprint density at radius 3 is 2.60 bits per heavy atom. The van der Waals surface area contributed by atoms with Gasteiger partial charge in [0.15, 0.2) is 0 Å². The molecule has 0 spiro atoms. The molecule has 1 atom stereocenters. The van der Waals surface area contributed by atoms with E-state index in [1.54, 1.807) is 0 Å². The van der Waals surface area contributed by atoms with Crippen LogP contribution in [0.4, 0.5) is 0 Å². The highest BCUT2D eigenvalue weighted by Gasteiger charge is 2.20. The molecule has 0 aliphatic carbocycles. The van der Waals surface area contributed by atoms with Crippen molar-refractivity contribution in [1.82, 2.24) is 24.6 Å². The second-order valence-electron chi connectivity index (χ2n) is 4.96. The summed E-state index contributed by atoms with van der Waals surface area (Å²) >= 11 is 6.43. The van der Waals surface area contributed by atoms with Gasteiger partial charge < -0.3 is 9.88 Å². The minimum Gasteiger partial charge on any atom is -0.340 e. The lowest BCUT2D eigenvalue weighted by Gasteiger charge is -2.16. The standard InChI is InChI=1S/C14H22ClN5/c1-5-10-14(15)13(20(4)18-10)7-11(16-6-2)12-8-19(3)9-17-12/h8-9,11,16H,5-7H2,1-4H3. The molecule has 0 fully saturated rings. The maximum atomic E-state index is 6.43. The summed E-state index contributed by atoms with van der Waals surface area (Å²) in [5.74, 6) is 0. The van der Waals surface area contributed by atoms with Crippen LogP contribution in [0.5, 0.6) is 0 Å². The van der Waals surface area contributed by atoms with E-state index in [1.807, 2.05) is 35.9 Å². The van der Waals surface area contributed by atoms with Crippen molar-refractivity contribution in [3.63, 3.8) is 0 Å². The van der Waals surface area contributed by atoms with Crippen molar-refractivity contribution in [2.45, 2.75) is 32.7 Å². The summed E-state index contributed by atoms with van der Waals surface area (Å²) in [6, 6.07) is 0.152. The van der Waals surface area contributed by atoms with Gasteiger partial charge in [0, 0.05) is 26.7 Å². The summed E-state index contributed by atoms with van der Waals surface area (Å²) in [6.07, 6.45) is 5.50. The van der Waals surface area contributed by atoms with Crippen LogP contribution in [0.25, 0.3) is 0 Å². The van der Waals surface area contributed by atoms with E-state index < -0.39 is 0 Å². The SMILES string of the molecule is CCNC(Cc1c(Cl)c(CC)nn1C)c1cn(C)cn1. The Bertz CT molecular complexity index is 572. The molecule has 0 radical (unpaired) electrons. The van der Waals surface area contributed by atoms with Crippen LogP contribution in [0.2, 0.25) is 5.02 Å². The summed E-state index contributed by atoms with van der Waals surface area (Å²) in [5.41, 5.74) is 3.05. The minimum absolute atomic E-state index is 0.152. The van der Waals surface area contributed by atoms with Gasteiger partial charge in [0.2, 0.25) is 0 Å². The number of hydrogen-bond donors (Lipinski definition) is 1. The van der Waals surface area contributed by atoms with Crippen LogP contribution in [-0.2, 0) is 26.9 Å². The van der Waals surface area contributed by atoms with Crippen molar-refractivity contribution >= 4 is 11.6 Å². The maximum Gasteiger partial charge on any atom is 0.0947 e. The van der Waals surface area contributed by atoms with E-state index >= 15 is 0 Å². The van der Waals surface area contributed by atoms with E-state index in [-0.39, 0.29) is 6.04 Å². The number of nitrogens with zero attached hydrogens (tertiary/aromatic N) is 4. The largest absolute Gasteiger partial charge is 0.340 e. The number of halogens is 1. The Balaban J connectivity index is 2.26. The van der Waals surface area contributed by atoms with Crippen molar-refractivity contribution in [1.29, 1.82) is 0 Å². The van der Waals surface area contributed by atoms with Gasteiger partial charge in [-0.05, 0) is 13.0 Å². The molecule has 0 saturated carbocycles. The molecule has 20 heavy (non-hydrogen) atoms. The first-order valence-electron chi connectivity index (χ1n) is 6.98. The van der Waals surface area contributed by atoms with Gasteiger partial charge in [0.05, 0.1) is 34.5 Å². The van der Waals surface area contributed by atoms with Gasteiger partial charge in [-0.25, -0.2) is 4.98 Å². The number of hydrogen-bond acceptors (Lipinski definition) is 3. The molecule has 5 nitrogen and oxygen atoms in total. The Morgan fingerprint density at radius 2 is 2.10 bits per heavy atom. The zero-order valence-corrected chi connectivity index (χ0v) is 13.3. The molecule has 0 aromatic carbocycles. The molecule has 0 bridgehead atoms. The third kappa shape index (κ3) is 3.04. The molecular formula is C14H22ClN5. The maximum absolute atomic E-state index is 6.43. The Labute approximate surface area is 125 Å². The van der Waals surface area contributed by atoms with Crippen LogP contribution in [-0.4, -0.2) is 25.9 Å². The van der Waals surface area contributed by atoms with E-state index in [2.05, 4.69) is 29.2 Å². The molecule has 1 unspecified atom stereocenters. The summed E-state index contributed by atoms with van der Waals surface area (Å²) in [4.78, 5) is 4.44. The fourth-order valence-electron chi connectivity index (χ4n) is 2.38. The highest BCUT2D eigenvalue weighted by Crippen LogP contribution is 2.25. The smallest absolute Gasteiger partial charge is 0.0947 e. The Kier molecular flexibility index (Phi) is 4.83. The first-order chi connectivity index (χ1) is 9.56. The van der Waals surface area contributed by atoms with Gasteiger partial charge in [-0.3, -0.25) is 4.68 Å². The van der Waals surface area contributed by atoms with Crippen molar-refractivity contribution in [3.05, 3.63) is 34.6 Å². The fraction of sp³-hybridized carbons (Fsp3) is 0.571. The van der Waals surface area contributed by atoms with Crippen LogP contribution in [0.1, 0.15) is 37.0 Å². The molecule has 0 aliphatic heterocycles. The third-order valence-electron chi connectivity index (χ3n) is 3.43. The van der Waals surface area contributed by atoms with Crippen molar-refractivity contribution in [2.75, 3.05) is 6.54 Å². The number of likely N-dealkylation sites (N-methyl/N-ethyl adjacent to an activating group) is 1. The second kappa shape index (κ2) is 6.41. The number of aromatic nitrogens is 4. The molecule has 1 N–H and O–H groups in total. The number of rotatable bonds is 6. The zero-order valence-electron chi connectivity index (χ0n) is 12.5. The first-order valence-corrected chi connectivity index (χ1v) is 7.36. The predicted octanol–water partition coefficient (Wildman–Crippen LogP) is 2.26. The van der Waals surface area contributed by atoms with E-state index in [9.17, 15) is 0 Å². The molecule has 0 aliphatic rings. The van der Waals surface area contributed by atoms with Gasteiger partial charge in [-0.15, -0.1) is 0 Å². The minimum atomic E-state index is 0.152. The van der Waals surface area contributed by atoms with Crippen molar-refractivity contribution < 1.29 is 0 Å². The number of nitrogens with one attached hydrogen (secondary N) is 1. The molecule has 0 amide bonds. The van der Waals surface area contributed by atoms with Crippen molar-refractivity contribution in [3.8, 4) is 0 Å². The molecule has 6 heteroatoms. The van der Waals surface area contributed by atoms with Crippen LogP contribution >= 0.6 is 11.6 Å². The summed E-state index contributed by atoms with van der Waals surface area (Å²) in [5, 5.41) is 8.72. The lowest BCUT2D eigenvalue weighted by Crippen LogP contribution is -2.24. The van der Waals surface area contributed by atoms with Crippen LogP contribution < -0.4 is 5.32 Å². The Morgan fingerprint density at radius 1 is 1.35 bits per heavy atom. The molecule has 2 rings (SSSR count). The lowest BCUT2D eigenvalue weighted by atomic mass is 10.1. The highest BCUT2D eigenvalue weighted by molar-refractivity contribution is 6.31. The first kappa shape index (κ1) is 15.1. The molecule has 2 heterocycles. The van der Waals surface area contributed by atoms with Crippen molar-refractivity contribution in [2.24, 2.45) is 14.1 Å². The van der Waals surface area contributed by atoms with Crippen LogP contribution in [0.15, 0.2) is 12.5 Å². The average molecular weight is 296 g/mol. The van der Waals surface area contributed by atoms with Crippen LogP contribution in [0, 0.1) is 0 Å². The van der Waals surface area contributed by atoms with E-state index in [1.165, 1.54) is 0 Å². The third-order valence-corrected chi connectivity index (χ3v) is 3.87. The lowest BCUT2D eigenvalue weighted by molar-refractivity contribution is 0.519. The van der Waals surface area contributed by atoms with Gasteiger partial charge in [-0.1, -0.05) is 25.4 Å².